The smallest absolute Gasteiger partial charge is 0.112 e. The molecule has 0 saturated carbocycles. The molecule has 1 aliphatic rings. The number of ether oxygens (including phenoxy) is 1. The third-order valence-corrected chi connectivity index (χ3v) is 2.90. The van der Waals surface area contributed by atoms with Gasteiger partial charge in [-0.3, -0.25) is 4.90 Å². The van der Waals surface area contributed by atoms with E-state index in [9.17, 15) is 0 Å². The molecule has 2 heteroatoms. The van der Waals surface area contributed by atoms with Gasteiger partial charge in [0.1, 0.15) is 5.76 Å². The van der Waals surface area contributed by atoms with Crippen LogP contribution in [0, 0.1) is 0 Å². The lowest BCUT2D eigenvalue weighted by Gasteiger charge is -2.29. The van der Waals surface area contributed by atoms with Gasteiger partial charge in [-0.25, -0.2) is 0 Å². The monoisotopic (exact) mass is 207 g/mol. The van der Waals surface area contributed by atoms with Gasteiger partial charge in [0, 0.05) is 13.1 Å². The molecule has 0 N–H and O–H groups in total. The zero-order valence-electron chi connectivity index (χ0n) is 10.0. The first-order valence-corrected chi connectivity index (χ1v) is 5.52. The van der Waals surface area contributed by atoms with Crippen molar-refractivity contribution in [3.8, 4) is 0 Å². The third-order valence-electron chi connectivity index (χ3n) is 2.90. The summed E-state index contributed by atoms with van der Waals surface area (Å²) >= 11 is 0. The number of piperidine rings is 1. The summed E-state index contributed by atoms with van der Waals surface area (Å²) in [5.41, 5.74) is 2.77. The summed E-state index contributed by atoms with van der Waals surface area (Å²) in [6, 6.07) is 0. The summed E-state index contributed by atoms with van der Waals surface area (Å²) in [5.74, 6) is 0.738. The van der Waals surface area contributed by atoms with Gasteiger partial charge in [0.2, 0.25) is 0 Å². The van der Waals surface area contributed by atoms with E-state index >= 15 is 0 Å². The lowest BCUT2D eigenvalue weighted by molar-refractivity contribution is 0.293. The van der Waals surface area contributed by atoms with Crippen molar-refractivity contribution in [2.45, 2.75) is 20.3 Å². The van der Waals surface area contributed by atoms with Crippen molar-refractivity contribution in [1.82, 2.24) is 4.90 Å². The quantitative estimate of drug-likeness (QED) is 0.660. The molecule has 0 bridgehead atoms. The van der Waals surface area contributed by atoms with Crippen LogP contribution in [0.1, 0.15) is 20.3 Å². The van der Waals surface area contributed by atoms with Gasteiger partial charge in [0.05, 0.1) is 7.11 Å². The van der Waals surface area contributed by atoms with Crippen LogP contribution in [0.4, 0.5) is 0 Å². The topological polar surface area (TPSA) is 12.5 Å². The Morgan fingerprint density at radius 3 is 2.80 bits per heavy atom. The minimum absolute atomic E-state index is 0.738. The average molecular weight is 207 g/mol. The highest BCUT2D eigenvalue weighted by Crippen LogP contribution is 2.22. The second-order valence-corrected chi connectivity index (χ2v) is 3.77. The van der Waals surface area contributed by atoms with E-state index < -0.39 is 0 Å². The predicted octanol–water partition coefficient (Wildman–Crippen LogP) is 2.74. The first-order chi connectivity index (χ1) is 7.21. The number of likely N-dealkylation sites (tertiary alicyclic amines) is 1. The first-order valence-electron chi connectivity index (χ1n) is 5.52. The molecule has 2 nitrogen and oxygen atoms in total. The second kappa shape index (κ2) is 5.76. The van der Waals surface area contributed by atoms with E-state index in [1.54, 1.807) is 7.11 Å². The second-order valence-electron chi connectivity index (χ2n) is 3.77. The van der Waals surface area contributed by atoms with Crippen molar-refractivity contribution in [1.29, 1.82) is 0 Å². The molecule has 0 radical (unpaired) electrons. The Balaban J connectivity index is 2.80. The number of nitrogens with zero attached hydrogens (tertiary/aromatic N) is 1. The lowest BCUT2D eigenvalue weighted by Crippen LogP contribution is -2.32. The maximum atomic E-state index is 5.10. The van der Waals surface area contributed by atoms with Crippen LogP contribution in [0.2, 0.25) is 0 Å². The van der Waals surface area contributed by atoms with E-state index in [0.29, 0.717) is 0 Å². The molecule has 0 aromatic rings. The Morgan fingerprint density at radius 1 is 1.53 bits per heavy atom. The number of rotatable bonds is 3. The van der Waals surface area contributed by atoms with Gasteiger partial charge in [-0.05, 0) is 37.1 Å². The van der Waals surface area contributed by atoms with Crippen LogP contribution in [0.3, 0.4) is 0 Å². The summed E-state index contributed by atoms with van der Waals surface area (Å²) in [6.07, 6.45) is 5.38. The highest BCUT2D eigenvalue weighted by Gasteiger charge is 2.16. The largest absolute Gasteiger partial charge is 0.497 e. The van der Waals surface area contributed by atoms with Gasteiger partial charge < -0.3 is 4.74 Å². The molecule has 0 spiro atoms. The molecule has 0 aromatic carbocycles. The Hall–Kier alpha value is -1.02. The molecule has 1 fully saturated rings. The third kappa shape index (κ3) is 3.24. The van der Waals surface area contributed by atoms with Crippen LogP contribution in [-0.2, 0) is 4.74 Å². The molecule has 1 saturated heterocycles. The van der Waals surface area contributed by atoms with Crippen molar-refractivity contribution in [2.75, 3.05) is 26.7 Å². The minimum atomic E-state index is 0.738. The summed E-state index contributed by atoms with van der Waals surface area (Å²) < 4.78 is 5.10. The first kappa shape index (κ1) is 12.1. The summed E-state index contributed by atoms with van der Waals surface area (Å²) in [6.45, 7) is 11.4. The molecule has 1 heterocycles. The molecule has 0 unspecified atom stereocenters. The van der Waals surface area contributed by atoms with Crippen molar-refractivity contribution < 1.29 is 4.74 Å². The molecular formula is C13H21NO. The highest BCUT2D eigenvalue weighted by molar-refractivity contribution is 5.37. The maximum absolute atomic E-state index is 5.10. The fourth-order valence-electron chi connectivity index (χ4n) is 1.85. The summed E-state index contributed by atoms with van der Waals surface area (Å²) in [5, 5.41) is 0. The fourth-order valence-corrected chi connectivity index (χ4v) is 1.85. The molecule has 1 rings (SSSR count). The van der Waals surface area contributed by atoms with Gasteiger partial charge in [-0.15, -0.1) is 0 Å². The molecule has 84 valence electrons. The van der Waals surface area contributed by atoms with E-state index in [1.807, 2.05) is 0 Å². The predicted molar refractivity (Wildman–Crippen MR) is 64.7 cm³/mol. The van der Waals surface area contributed by atoms with Crippen molar-refractivity contribution in [3.63, 3.8) is 0 Å². The fraction of sp³-hybridized carbons (Fsp3) is 0.538. The number of hydrogen-bond donors (Lipinski definition) is 0. The molecule has 0 atom stereocenters. The Labute approximate surface area is 92.9 Å². The van der Waals surface area contributed by atoms with Crippen LogP contribution >= 0.6 is 0 Å². The standard InChI is InChI=1S/C13H21NO/c1-5-12-7-8-14(6-2)10-13(12)9-11(3)15-4/h5,9H,3,6-8,10H2,1-2,4H3/b12-5-,13-9-. The van der Waals surface area contributed by atoms with Crippen molar-refractivity contribution in [3.05, 3.63) is 35.6 Å². The van der Waals surface area contributed by atoms with Gasteiger partial charge in [-0.1, -0.05) is 19.6 Å². The number of methoxy groups -OCH3 is 1. The van der Waals surface area contributed by atoms with Crippen molar-refractivity contribution in [2.24, 2.45) is 0 Å². The van der Waals surface area contributed by atoms with Gasteiger partial charge >= 0.3 is 0 Å². The van der Waals surface area contributed by atoms with Crippen molar-refractivity contribution >= 4 is 0 Å². The van der Waals surface area contributed by atoms with Gasteiger partial charge in [0.15, 0.2) is 0 Å². The van der Waals surface area contributed by atoms with Crippen LogP contribution in [0.15, 0.2) is 35.6 Å². The zero-order chi connectivity index (χ0) is 11.3. The Kier molecular flexibility index (Phi) is 4.63. The van der Waals surface area contributed by atoms with Gasteiger partial charge in [0.25, 0.3) is 0 Å². The normalized spacial score (nSPS) is 23.4. The van der Waals surface area contributed by atoms with E-state index in [0.717, 1.165) is 31.8 Å². The highest BCUT2D eigenvalue weighted by atomic mass is 16.5. The van der Waals surface area contributed by atoms with Crippen LogP contribution in [0.25, 0.3) is 0 Å². The molecule has 15 heavy (non-hydrogen) atoms. The summed E-state index contributed by atoms with van der Waals surface area (Å²) in [4.78, 5) is 2.43. The number of hydrogen-bond acceptors (Lipinski definition) is 2. The van der Waals surface area contributed by atoms with Crippen LogP contribution in [-0.4, -0.2) is 31.6 Å². The molecular weight excluding hydrogens is 186 g/mol. The molecule has 1 aliphatic heterocycles. The Morgan fingerprint density at radius 2 is 2.27 bits per heavy atom. The van der Waals surface area contributed by atoms with E-state index in [1.165, 1.54) is 11.1 Å². The molecule has 0 amide bonds. The van der Waals surface area contributed by atoms with Gasteiger partial charge in [-0.2, -0.15) is 0 Å². The average Bonchev–Trinajstić information content (AvgIpc) is 2.28. The van der Waals surface area contributed by atoms with Crippen LogP contribution in [0.5, 0.6) is 0 Å². The summed E-state index contributed by atoms with van der Waals surface area (Å²) in [7, 11) is 1.66. The molecule has 0 aliphatic carbocycles. The maximum Gasteiger partial charge on any atom is 0.112 e. The number of likely N-dealkylation sites (N-methyl/N-ethyl adjacent to an activating group) is 1. The zero-order valence-corrected chi connectivity index (χ0v) is 10.0. The minimum Gasteiger partial charge on any atom is -0.497 e. The Bertz CT molecular complexity index is 289. The molecule has 0 aromatic heterocycles. The van der Waals surface area contributed by atoms with Crippen LogP contribution < -0.4 is 0 Å². The van der Waals surface area contributed by atoms with E-state index in [-0.39, 0.29) is 0 Å². The van der Waals surface area contributed by atoms with E-state index in [2.05, 4.69) is 37.5 Å². The number of allylic oxidation sites excluding steroid dienone is 2. The SMILES string of the molecule is C=C(/C=C1/CN(CC)CC/C1=C/C)OC. The lowest BCUT2D eigenvalue weighted by atomic mass is 9.97. The van der Waals surface area contributed by atoms with E-state index in [4.69, 9.17) is 4.74 Å².